The number of hydrogen-bond acceptors (Lipinski definition) is 5. The van der Waals surface area contributed by atoms with Crippen molar-refractivity contribution in [3.8, 4) is 5.75 Å². The highest BCUT2D eigenvalue weighted by Crippen LogP contribution is 2.40. The van der Waals surface area contributed by atoms with Crippen LogP contribution in [0.4, 0.5) is 5.95 Å². The number of ketones is 1. The van der Waals surface area contributed by atoms with Gasteiger partial charge in [0.2, 0.25) is 5.95 Å². The predicted molar refractivity (Wildman–Crippen MR) is 105 cm³/mol. The van der Waals surface area contributed by atoms with Gasteiger partial charge in [0, 0.05) is 17.7 Å². The molecule has 2 aliphatic rings. The molecule has 0 bridgehead atoms. The van der Waals surface area contributed by atoms with E-state index in [1.807, 2.05) is 54.6 Å². The monoisotopic (exact) mass is 372 g/mol. The molecule has 3 aromatic rings. The number of hydrogen-bond donors (Lipinski definition) is 1. The molecule has 140 valence electrons. The van der Waals surface area contributed by atoms with Crippen LogP contribution in [0.15, 0.2) is 72.2 Å². The second-order valence-corrected chi connectivity index (χ2v) is 7.07. The maximum absolute atomic E-state index is 12.7. The molecule has 0 spiro atoms. The molecular weight excluding hydrogens is 352 g/mol. The molecule has 1 aliphatic carbocycles. The zero-order valence-corrected chi connectivity index (χ0v) is 15.3. The van der Waals surface area contributed by atoms with E-state index in [-0.39, 0.29) is 11.8 Å². The summed E-state index contributed by atoms with van der Waals surface area (Å²) in [6.45, 7) is 0.498. The number of aromatic nitrogens is 3. The van der Waals surface area contributed by atoms with Gasteiger partial charge in [-0.2, -0.15) is 10.1 Å². The Balaban J connectivity index is 1.49. The van der Waals surface area contributed by atoms with E-state index in [9.17, 15) is 4.79 Å². The first-order chi connectivity index (χ1) is 13.8. The molecule has 6 nitrogen and oxygen atoms in total. The highest BCUT2D eigenvalue weighted by Gasteiger charge is 2.36. The standard InChI is InChI=1S/C22H20N4O2/c27-19-11-5-10-18-20(19)21(26-22(25-18)23-14-24-26)16-8-4-9-17(12-16)28-13-15-6-2-1-3-7-15/h1-4,6-9,12,14,21H,5,10-11,13H2,(H,23,24,25)/t21-/m1/s1. The van der Waals surface area contributed by atoms with Gasteiger partial charge in [-0.1, -0.05) is 42.5 Å². The third kappa shape index (κ3) is 2.97. The second kappa shape index (κ2) is 6.96. The van der Waals surface area contributed by atoms with E-state index in [4.69, 9.17) is 4.74 Å². The predicted octanol–water partition coefficient (Wildman–Crippen LogP) is 3.88. The van der Waals surface area contributed by atoms with Crippen LogP contribution in [0.25, 0.3) is 0 Å². The van der Waals surface area contributed by atoms with E-state index in [1.165, 1.54) is 6.33 Å². The number of ether oxygens (including phenoxy) is 1. The van der Waals surface area contributed by atoms with E-state index in [2.05, 4.69) is 15.4 Å². The Morgan fingerprint density at radius 1 is 1.11 bits per heavy atom. The van der Waals surface area contributed by atoms with E-state index < -0.39 is 0 Å². The van der Waals surface area contributed by atoms with Crippen molar-refractivity contribution in [2.45, 2.75) is 31.9 Å². The Hall–Kier alpha value is -3.41. The first kappa shape index (κ1) is 16.7. The van der Waals surface area contributed by atoms with Gasteiger partial charge < -0.3 is 10.1 Å². The number of nitrogens with zero attached hydrogens (tertiary/aromatic N) is 3. The van der Waals surface area contributed by atoms with Gasteiger partial charge in [-0.05, 0) is 36.1 Å². The van der Waals surface area contributed by atoms with Gasteiger partial charge in [-0.25, -0.2) is 4.68 Å². The maximum atomic E-state index is 12.7. The molecule has 0 amide bonds. The van der Waals surface area contributed by atoms with Crippen molar-refractivity contribution in [2.24, 2.45) is 0 Å². The van der Waals surface area contributed by atoms with Crippen LogP contribution in [0, 0.1) is 0 Å². The van der Waals surface area contributed by atoms with Crippen molar-refractivity contribution < 1.29 is 9.53 Å². The highest BCUT2D eigenvalue weighted by atomic mass is 16.5. The Kier molecular flexibility index (Phi) is 4.16. The van der Waals surface area contributed by atoms with Crippen LogP contribution in [0.2, 0.25) is 0 Å². The molecule has 1 aromatic heterocycles. The lowest BCUT2D eigenvalue weighted by Crippen LogP contribution is -2.31. The molecule has 0 radical (unpaired) electrons. The molecule has 0 unspecified atom stereocenters. The fraction of sp³-hybridized carbons (Fsp3) is 0.227. The summed E-state index contributed by atoms with van der Waals surface area (Å²) in [6.07, 6.45) is 3.82. The number of carbonyl (C=O) groups is 1. The van der Waals surface area contributed by atoms with Gasteiger partial charge in [0.25, 0.3) is 0 Å². The number of Topliss-reactive ketones (excluding diaryl/α,β-unsaturated/α-hetero) is 1. The largest absolute Gasteiger partial charge is 0.489 e. The van der Waals surface area contributed by atoms with Gasteiger partial charge in [-0.15, -0.1) is 0 Å². The summed E-state index contributed by atoms with van der Waals surface area (Å²) in [7, 11) is 0. The van der Waals surface area contributed by atoms with Crippen LogP contribution in [-0.2, 0) is 11.4 Å². The molecule has 0 fully saturated rings. The molecule has 0 saturated carbocycles. The van der Waals surface area contributed by atoms with Crippen LogP contribution in [0.1, 0.15) is 36.4 Å². The van der Waals surface area contributed by atoms with Crippen molar-refractivity contribution in [1.82, 2.24) is 14.8 Å². The second-order valence-electron chi connectivity index (χ2n) is 7.07. The maximum Gasteiger partial charge on any atom is 0.226 e. The van der Waals surface area contributed by atoms with Gasteiger partial charge in [0.1, 0.15) is 24.7 Å². The van der Waals surface area contributed by atoms with Crippen LogP contribution >= 0.6 is 0 Å². The topological polar surface area (TPSA) is 69.0 Å². The molecule has 2 aromatic carbocycles. The van der Waals surface area contributed by atoms with Gasteiger partial charge in [0.15, 0.2) is 5.78 Å². The molecule has 1 N–H and O–H groups in total. The fourth-order valence-electron chi connectivity index (χ4n) is 3.92. The fourth-order valence-corrected chi connectivity index (χ4v) is 3.92. The number of benzene rings is 2. The third-order valence-electron chi connectivity index (χ3n) is 5.23. The van der Waals surface area contributed by atoms with Gasteiger partial charge in [0.05, 0.1) is 0 Å². The molecule has 1 atom stereocenters. The summed E-state index contributed by atoms with van der Waals surface area (Å²) in [5.74, 6) is 1.62. The zero-order chi connectivity index (χ0) is 18.9. The van der Waals surface area contributed by atoms with Crippen molar-refractivity contribution in [3.63, 3.8) is 0 Å². The normalized spacial score (nSPS) is 18.3. The molecule has 5 rings (SSSR count). The molecular formula is C22H20N4O2. The minimum absolute atomic E-state index is 0.176. The Bertz CT molecular complexity index is 1060. The molecule has 28 heavy (non-hydrogen) atoms. The lowest BCUT2D eigenvalue weighted by atomic mass is 9.85. The third-order valence-corrected chi connectivity index (χ3v) is 5.23. The van der Waals surface area contributed by atoms with Crippen LogP contribution in [0.3, 0.4) is 0 Å². The number of rotatable bonds is 4. The quantitative estimate of drug-likeness (QED) is 0.753. The van der Waals surface area contributed by atoms with Crippen LogP contribution in [-0.4, -0.2) is 20.5 Å². The lowest BCUT2D eigenvalue weighted by Gasteiger charge is -2.32. The smallest absolute Gasteiger partial charge is 0.226 e. The average Bonchev–Trinajstić information content (AvgIpc) is 3.20. The molecule has 2 heterocycles. The summed E-state index contributed by atoms with van der Waals surface area (Å²) < 4.78 is 7.78. The van der Waals surface area contributed by atoms with Gasteiger partial charge >= 0.3 is 0 Å². The van der Waals surface area contributed by atoms with E-state index >= 15 is 0 Å². The van der Waals surface area contributed by atoms with E-state index in [1.54, 1.807) is 4.68 Å². The Morgan fingerprint density at radius 2 is 2.00 bits per heavy atom. The SMILES string of the molecule is O=C1CCCC2=C1[C@@H](c1cccc(OCc3ccccc3)c1)n1ncnc1N2. The first-order valence-corrected chi connectivity index (χ1v) is 9.49. The summed E-state index contributed by atoms with van der Waals surface area (Å²) in [6, 6.07) is 17.7. The molecule has 6 heteroatoms. The Labute approximate surface area is 162 Å². The summed E-state index contributed by atoms with van der Waals surface area (Å²) in [5, 5.41) is 7.67. The number of nitrogens with one attached hydrogen (secondary N) is 1. The Morgan fingerprint density at radius 3 is 2.89 bits per heavy atom. The van der Waals surface area contributed by atoms with Crippen molar-refractivity contribution in [2.75, 3.05) is 5.32 Å². The van der Waals surface area contributed by atoms with Gasteiger partial charge in [-0.3, -0.25) is 4.79 Å². The number of fused-ring (bicyclic) bond motifs is 1. The number of carbonyl (C=O) groups excluding carboxylic acids is 1. The molecule has 1 aliphatic heterocycles. The summed E-state index contributed by atoms with van der Waals surface area (Å²) in [5.41, 5.74) is 3.85. The van der Waals surface area contributed by atoms with E-state index in [0.29, 0.717) is 19.0 Å². The number of anilines is 1. The van der Waals surface area contributed by atoms with E-state index in [0.717, 1.165) is 41.0 Å². The van der Waals surface area contributed by atoms with Crippen molar-refractivity contribution in [3.05, 3.63) is 83.3 Å². The average molecular weight is 372 g/mol. The van der Waals surface area contributed by atoms with Crippen LogP contribution in [0.5, 0.6) is 5.75 Å². The number of allylic oxidation sites excluding steroid dienone is 2. The zero-order valence-electron chi connectivity index (χ0n) is 15.3. The van der Waals surface area contributed by atoms with Crippen molar-refractivity contribution in [1.29, 1.82) is 0 Å². The lowest BCUT2D eigenvalue weighted by molar-refractivity contribution is -0.116. The highest BCUT2D eigenvalue weighted by molar-refractivity contribution is 5.99. The first-order valence-electron chi connectivity index (χ1n) is 9.49. The molecule has 0 saturated heterocycles. The minimum Gasteiger partial charge on any atom is -0.489 e. The summed E-state index contributed by atoms with van der Waals surface area (Å²) in [4.78, 5) is 17.1. The minimum atomic E-state index is -0.276. The van der Waals surface area contributed by atoms with Crippen molar-refractivity contribution >= 4 is 11.7 Å². The summed E-state index contributed by atoms with van der Waals surface area (Å²) >= 11 is 0. The van der Waals surface area contributed by atoms with Crippen LogP contribution < -0.4 is 10.1 Å².